The van der Waals surface area contributed by atoms with E-state index < -0.39 is 11.7 Å². The quantitative estimate of drug-likeness (QED) is 0.704. The fourth-order valence-electron chi connectivity index (χ4n) is 3.29. The van der Waals surface area contributed by atoms with Gasteiger partial charge in [-0.25, -0.2) is 0 Å². The predicted octanol–water partition coefficient (Wildman–Crippen LogP) is 4.47. The molecule has 1 saturated heterocycles. The van der Waals surface area contributed by atoms with Crippen molar-refractivity contribution in [1.82, 2.24) is 9.88 Å². The van der Waals surface area contributed by atoms with Gasteiger partial charge in [0.1, 0.15) is 0 Å². The Hall–Kier alpha value is -3.13. The fraction of sp³-hybridized carbons (Fsp3) is 0.238. The lowest BCUT2D eigenvalue weighted by atomic mass is 10.1. The molecule has 150 valence electrons. The number of hydrogen-bond acceptors (Lipinski definition) is 4. The molecule has 0 bridgehead atoms. The van der Waals surface area contributed by atoms with Crippen molar-refractivity contribution in [1.29, 1.82) is 0 Å². The number of carbonyl (C=O) groups is 1. The van der Waals surface area contributed by atoms with Crippen LogP contribution in [0.4, 0.5) is 24.5 Å². The SMILES string of the molecule is O=C(c1cnc2ccccc2c1Nc1cccc(C(F)(F)F)c1)N1CCOCC1. The summed E-state index contributed by atoms with van der Waals surface area (Å²) in [7, 11) is 0. The number of fused-ring (bicyclic) bond motifs is 1. The van der Waals surface area contributed by atoms with E-state index >= 15 is 0 Å². The summed E-state index contributed by atoms with van der Waals surface area (Å²) in [5.41, 5.74) is 0.865. The zero-order valence-electron chi connectivity index (χ0n) is 15.4. The van der Waals surface area contributed by atoms with Crippen LogP contribution in [0.3, 0.4) is 0 Å². The summed E-state index contributed by atoms with van der Waals surface area (Å²) < 4.78 is 44.6. The molecule has 0 radical (unpaired) electrons. The molecule has 29 heavy (non-hydrogen) atoms. The summed E-state index contributed by atoms with van der Waals surface area (Å²) >= 11 is 0. The Bertz CT molecular complexity index is 1050. The number of morpholine rings is 1. The minimum absolute atomic E-state index is 0.235. The van der Waals surface area contributed by atoms with E-state index in [2.05, 4.69) is 10.3 Å². The van der Waals surface area contributed by atoms with Crippen LogP contribution in [0.1, 0.15) is 15.9 Å². The predicted molar refractivity (Wildman–Crippen MR) is 103 cm³/mol. The van der Waals surface area contributed by atoms with Gasteiger partial charge in [-0.3, -0.25) is 9.78 Å². The second kappa shape index (κ2) is 7.71. The highest BCUT2D eigenvalue weighted by Gasteiger charge is 2.30. The monoisotopic (exact) mass is 401 g/mol. The summed E-state index contributed by atoms with van der Waals surface area (Å²) in [5.74, 6) is -0.235. The Balaban J connectivity index is 1.78. The number of nitrogens with one attached hydrogen (secondary N) is 1. The zero-order valence-corrected chi connectivity index (χ0v) is 15.4. The Morgan fingerprint density at radius 2 is 1.83 bits per heavy atom. The number of aromatic nitrogens is 1. The molecule has 2 heterocycles. The third-order valence-electron chi connectivity index (χ3n) is 4.76. The molecule has 3 aromatic rings. The van der Waals surface area contributed by atoms with Gasteiger partial charge >= 0.3 is 6.18 Å². The first kappa shape index (κ1) is 19.2. The van der Waals surface area contributed by atoms with E-state index in [0.717, 1.165) is 12.1 Å². The van der Waals surface area contributed by atoms with E-state index in [1.54, 1.807) is 23.1 Å². The Kier molecular flexibility index (Phi) is 5.10. The maximum Gasteiger partial charge on any atom is 0.416 e. The molecule has 5 nitrogen and oxygen atoms in total. The van der Waals surface area contributed by atoms with Crippen molar-refractivity contribution in [3.05, 3.63) is 65.9 Å². The molecule has 0 unspecified atom stereocenters. The van der Waals surface area contributed by atoms with Gasteiger partial charge in [0.05, 0.1) is 35.5 Å². The van der Waals surface area contributed by atoms with Gasteiger partial charge in [-0.2, -0.15) is 13.2 Å². The summed E-state index contributed by atoms with van der Waals surface area (Å²) in [6.45, 7) is 1.80. The number of ether oxygens (including phenoxy) is 1. The van der Waals surface area contributed by atoms with Gasteiger partial charge in [-0.15, -0.1) is 0 Å². The van der Waals surface area contributed by atoms with Crippen molar-refractivity contribution in [2.75, 3.05) is 31.6 Å². The molecule has 8 heteroatoms. The number of hydrogen-bond donors (Lipinski definition) is 1. The number of pyridine rings is 1. The van der Waals surface area contributed by atoms with Gasteiger partial charge in [-0.05, 0) is 24.3 Å². The first-order valence-corrected chi connectivity index (χ1v) is 9.12. The lowest BCUT2D eigenvalue weighted by molar-refractivity contribution is -0.137. The van der Waals surface area contributed by atoms with Crippen LogP contribution in [-0.4, -0.2) is 42.1 Å². The van der Waals surface area contributed by atoms with E-state index in [1.165, 1.54) is 18.3 Å². The minimum Gasteiger partial charge on any atom is -0.378 e. The number of benzene rings is 2. The average molecular weight is 401 g/mol. The number of anilines is 2. The maximum atomic E-state index is 13.1. The summed E-state index contributed by atoms with van der Waals surface area (Å²) in [5, 5.41) is 3.69. The minimum atomic E-state index is -4.45. The topological polar surface area (TPSA) is 54.5 Å². The highest BCUT2D eigenvalue weighted by atomic mass is 19.4. The normalized spacial score (nSPS) is 14.8. The molecule has 1 aliphatic rings. The van der Waals surface area contributed by atoms with Crippen molar-refractivity contribution in [2.45, 2.75) is 6.18 Å². The lowest BCUT2D eigenvalue weighted by Crippen LogP contribution is -2.41. The van der Waals surface area contributed by atoms with Crippen LogP contribution < -0.4 is 5.32 Å². The molecular formula is C21H18F3N3O2. The highest BCUT2D eigenvalue weighted by molar-refractivity contribution is 6.08. The van der Waals surface area contributed by atoms with Crippen LogP contribution in [0.2, 0.25) is 0 Å². The Labute approximate surface area is 165 Å². The van der Waals surface area contributed by atoms with Crippen LogP contribution in [0.15, 0.2) is 54.7 Å². The van der Waals surface area contributed by atoms with Crippen LogP contribution in [0.25, 0.3) is 10.9 Å². The molecule has 1 aromatic heterocycles. The molecule has 1 fully saturated rings. The fourth-order valence-corrected chi connectivity index (χ4v) is 3.29. The highest BCUT2D eigenvalue weighted by Crippen LogP contribution is 2.34. The standard InChI is InChI=1S/C21H18F3N3O2/c22-21(23,24)14-4-3-5-15(12-14)26-19-16-6-1-2-7-18(16)25-13-17(19)20(28)27-8-10-29-11-9-27/h1-7,12-13H,8-11H2,(H,25,26). The first-order chi connectivity index (χ1) is 13.9. The number of rotatable bonds is 3. The molecule has 0 aliphatic carbocycles. The van der Waals surface area contributed by atoms with Crippen molar-refractivity contribution >= 4 is 28.2 Å². The third-order valence-corrected chi connectivity index (χ3v) is 4.76. The van der Waals surface area contributed by atoms with Crippen molar-refractivity contribution in [3.63, 3.8) is 0 Å². The molecule has 1 N–H and O–H groups in total. The first-order valence-electron chi connectivity index (χ1n) is 9.12. The smallest absolute Gasteiger partial charge is 0.378 e. The number of amides is 1. The maximum absolute atomic E-state index is 13.1. The molecule has 1 aliphatic heterocycles. The molecule has 0 spiro atoms. The summed E-state index contributed by atoms with van der Waals surface area (Å²) in [6, 6.07) is 12.1. The molecule has 0 saturated carbocycles. The second-order valence-corrected chi connectivity index (χ2v) is 6.67. The van der Waals surface area contributed by atoms with Gasteiger partial charge in [0.25, 0.3) is 5.91 Å². The van der Waals surface area contributed by atoms with Crippen LogP contribution in [-0.2, 0) is 10.9 Å². The van der Waals surface area contributed by atoms with Crippen molar-refractivity contribution in [2.24, 2.45) is 0 Å². The molecular weight excluding hydrogens is 383 g/mol. The largest absolute Gasteiger partial charge is 0.416 e. The lowest BCUT2D eigenvalue weighted by Gasteiger charge is -2.28. The number of carbonyl (C=O) groups excluding carboxylic acids is 1. The van der Waals surface area contributed by atoms with E-state index in [-0.39, 0.29) is 11.6 Å². The van der Waals surface area contributed by atoms with Crippen LogP contribution >= 0.6 is 0 Å². The average Bonchev–Trinajstić information content (AvgIpc) is 2.74. The Morgan fingerprint density at radius 1 is 1.07 bits per heavy atom. The van der Waals surface area contributed by atoms with Crippen molar-refractivity contribution in [3.8, 4) is 0 Å². The van der Waals surface area contributed by atoms with Gasteiger partial charge < -0.3 is 15.0 Å². The van der Waals surface area contributed by atoms with E-state index in [0.29, 0.717) is 48.5 Å². The number of nitrogens with zero attached hydrogens (tertiary/aromatic N) is 2. The molecule has 4 rings (SSSR count). The zero-order chi connectivity index (χ0) is 20.4. The van der Waals surface area contributed by atoms with Gasteiger partial charge in [-0.1, -0.05) is 24.3 Å². The number of para-hydroxylation sites is 1. The van der Waals surface area contributed by atoms with E-state index in [9.17, 15) is 18.0 Å². The molecule has 1 amide bonds. The van der Waals surface area contributed by atoms with Gasteiger partial charge in [0, 0.05) is 30.4 Å². The van der Waals surface area contributed by atoms with Gasteiger partial charge in [0.15, 0.2) is 0 Å². The van der Waals surface area contributed by atoms with Crippen LogP contribution in [0.5, 0.6) is 0 Å². The summed E-state index contributed by atoms with van der Waals surface area (Å²) in [4.78, 5) is 19.1. The Morgan fingerprint density at radius 3 is 2.59 bits per heavy atom. The second-order valence-electron chi connectivity index (χ2n) is 6.67. The van der Waals surface area contributed by atoms with E-state index in [1.807, 2.05) is 6.07 Å². The molecule has 2 aromatic carbocycles. The van der Waals surface area contributed by atoms with Crippen molar-refractivity contribution < 1.29 is 22.7 Å². The van der Waals surface area contributed by atoms with E-state index in [4.69, 9.17) is 4.74 Å². The summed E-state index contributed by atoms with van der Waals surface area (Å²) in [6.07, 6.45) is -2.99. The number of halogens is 3. The number of alkyl halides is 3. The third kappa shape index (κ3) is 4.02. The van der Waals surface area contributed by atoms with Gasteiger partial charge in [0.2, 0.25) is 0 Å². The molecule has 0 atom stereocenters. The van der Waals surface area contributed by atoms with Crippen LogP contribution in [0, 0.1) is 0 Å².